The van der Waals surface area contributed by atoms with E-state index in [4.69, 9.17) is 0 Å². The molecule has 152 valence electrons. The van der Waals surface area contributed by atoms with Crippen LogP contribution in [-0.2, 0) is 4.79 Å². The number of carbonyl (C=O) groups excluding carboxylic acids is 1. The molecule has 3 aliphatic heterocycles. The number of halogens is 3. The zero-order valence-electron chi connectivity index (χ0n) is 15.7. The molecule has 2 atom stereocenters. The van der Waals surface area contributed by atoms with Gasteiger partial charge in [0.1, 0.15) is 11.6 Å². The summed E-state index contributed by atoms with van der Waals surface area (Å²) in [5.74, 6) is 0.785. The number of carbonyl (C=O) groups is 1. The molecule has 1 N–H and O–H groups in total. The minimum atomic E-state index is -4.33. The van der Waals surface area contributed by atoms with Gasteiger partial charge in [-0.05, 0) is 44.7 Å². The normalized spacial score (nSPS) is 33.6. The van der Waals surface area contributed by atoms with Crippen LogP contribution in [0.2, 0.25) is 0 Å². The Labute approximate surface area is 158 Å². The van der Waals surface area contributed by atoms with E-state index in [0.29, 0.717) is 13.1 Å². The van der Waals surface area contributed by atoms with Crippen molar-refractivity contribution in [2.45, 2.75) is 43.4 Å². The first kappa shape index (κ1) is 19.2. The average Bonchev–Trinajstić information content (AvgIpc) is 3.29. The molecule has 0 radical (unpaired) electrons. The summed E-state index contributed by atoms with van der Waals surface area (Å²) in [6, 6.07) is -1.67. The Bertz CT molecular complexity index is 578. The Morgan fingerprint density at radius 1 is 1.07 bits per heavy atom. The van der Waals surface area contributed by atoms with Gasteiger partial charge in [-0.25, -0.2) is 0 Å². The predicted molar refractivity (Wildman–Crippen MR) is 96.3 cm³/mol. The number of likely N-dealkylation sites (tertiary alicyclic amines) is 1. The van der Waals surface area contributed by atoms with Gasteiger partial charge in [0.05, 0.1) is 0 Å². The maximum atomic E-state index is 13.5. The van der Waals surface area contributed by atoms with Crippen molar-refractivity contribution in [1.29, 1.82) is 0 Å². The van der Waals surface area contributed by atoms with Crippen LogP contribution in [0.4, 0.5) is 13.2 Å². The van der Waals surface area contributed by atoms with E-state index < -0.39 is 17.8 Å². The van der Waals surface area contributed by atoms with E-state index in [1.807, 2.05) is 4.90 Å². The standard InChI is InChI=1S/C19H29F3N4O/c20-19(21,22)16-5-6-18(14-23-16,26-7-1-2-8-26)17(27)25-11-9-24(10-12-25)13-15-3-4-15/h5-6,15-16,23H,1-4,7-14H2. The molecular weight excluding hydrogens is 357 g/mol. The van der Waals surface area contributed by atoms with Crippen LogP contribution in [0.15, 0.2) is 12.2 Å². The van der Waals surface area contributed by atoms with E-state index in [0.717, 1.165) is 57.6 Å². The predicted octanol–water partition coefficient (Wildman–Crippen LogP) is 1.47. The van der Waals surface area contributed by atoms with Gasteiger partial charge in [-0.3, -0.25) is 14.6 Å². The summed E-state index contributed by atoms with van der Waals surface area (Å²) in [6.45, 7) is 5.71. The monoisotopic (exact) mass is 386 g/mol. The van der Waals surface area contributed by atoms with Gasteiger partial charge in [0.25, 0.3) is 0 Å². The third-order valence-electron chi connectivity index (χ3n) is 6.42. The van der Waals surface area contributed by atoms with Crippen molar-refractivity contribution in [3.63, 3.8) is 0 Å². The molecule has 4 aliphatic rings. The molecule has 1 amide bonds. The Balaban J connectivity index is 1.47. The topological polar surface area (TPSA) is 38.8 Å². The van der Waals surface area contributed by atoms with E-state index in [9.17, 15) is 18.0 Å². The molecule has 0 aromatic rings. The molecule has 0 bridgehead atoms. The fourth-order valence-electron chi connectivity index (χ4n) is 4.56. The largest absolute Gasteiger partial charge is 0.407 e. The van der Waals surface area contributed by atoms with Crippen molar-refractivity contribution in [3.05, 3.63) is 12.2 Å². The molecule has 5 nitrogen and oxygen atoms in total. The first-order valence-electron chi connectivity index (χ1n) is 10.1. The van der Waals surface area contributed by atoms with E-state index in [1.165, 1.54) is 18.9 Å². The van der Waals surface area contributed by atoms with Gasteiger partial charge in [0, 0.05) is 39.3 Å². The van der Waals surface area contributed by atoms with E-state index in [-0.39, 0.29) is 12.5 Å². The molecule has 0 aromatic heterocycles. The second-order valence-electron chi connectivity index (χ2n) is 8.41. The number of rotatable bonds is 4. The van der Waals surface area contributed by atoms with Crippen molar-refractivity contribution in [1.82, 2.24) is 20.0 Å². The van der Waals surface area contributed by atoms with Gasteiger partial charge in [-0.1, -0.05) is 12.2 Å². The Hall–Kier alpha value is -1.12. The average molecular weight is 386 g/mol. The number of nitrogens with one attached hydrogen (secondary N) is 1. The zero-order chi connectivity index (χ0) is 19.1. The molecule has 3 fully saturated rings. The molecule has 0 aromatic carbocycles. The summed E-state index contributed by atoms with van der Waals surface area (Å²) in [5.41, 5.74) is -0.975. The summed E-state index contributed by atoms with van der Waals surface area (Å²) < 4.78 is 39.2. The Kier molecular flexibility index (Phi) is 5.24. The van der Waals surface area contributed by atoms with Crippen LogP contribution in [0.3, 0.4) is 0 Å². The maximum absolute atomic E-state index is 13.5. The molecule has 1 aliphatic carbocycles. The van der Waals surface area contributed by atoms with Crippen molar-refractivity contribution >= 4 is 5.91 Å². The lowest BCUT2D eigenvalue weighted by molar-refractivity contribution is -0.153. The van der Waals surface area contributed by atoms with Crippen LogP contribution in [0.5, 0.6) is 0 Å². The van der Waals surface area contributed by atoms with E-state index in [1.54, 1.807) is 0 Å². The second-order valence-corrected chi connectivity index (χ2v) is 8.41. The highest BCUT2D eigenvalue weighted by atomic mass is 19.4. The summed E-state index contributed by atoms with van der Waals surface area (Å²) in [5, 5.41) is 2.58. The molecule has 8 heteroatoms. The molecule has 3 heterocycles. The highest BCUT2D eigenvalue weighted by molar-refractivity contribution is 5.89. The van der Waals surface area contributed by atoms with Crippen LogP contribution < -0.4 is 5.32 Å². The summed E-state index contributed by atoms with van der Waals surface area (Å²) in [6.07, 6.45) is 2.95. The lowest BCUT2D eigenvalue weighted by atomic mass is 9.89. The summed E-state index contributed by atoms with van der Waals surface area (Å²) in [4.78, 5) is 19.8. The number of hydrogen-bond donors (Lipinski definition) is 1. The number of nitrogens with zero attached hydrogens (tertiary/aromatic N) is 3. The number of alkyl halides is 3. The number of piperazine rings is 1. The Morgan fingerprint density at radius 2 is 1.74 bits per heavy atom. The van der Waals surface area contributed by atoms with Gasteiger partial charge in [0.2, 0.25) is 5.91 Å². The maximum Gasteiger partial charge on any atom is 0.407 e. The van der Waals surface area contributed by atoms with Gasteiger partial charge in [-0.15, -0.1) is 0 Å². The lowest BCUT2D eigenvalue weighted by Gasteiger charge is -2.46. The first-order valence-corrected chi connectivity index (χ1v) is 10.1. The van der Waals surface area contributed by atoms with Gasteiger partial charge in [0.15, 0.2) is 0 Å². The van der Waals surface area contributed by atoms with Gasteiger partial charge in [-0.2, -0.15) is 13.2 Å². The van der Waals surface area contributed by atoms with Crippen molar-refractivity contribution < 1.29 is 18.0 Å². The van der Waals surface area contributed by atoms with Crippen molar-refractivity contribution in [2.24, 2.45) is 5.92 Å². The first-order chi connectivity index (χ1) is 12.9. The van der Waals surface area contributed by atoms with E-state index >= 15 is 0 Å². The number of hydrogen-bond acceptors (Lipinski definition) is 4. The molecule has 0 spiro atoms. The summed E-state index contributed by atoms with van der Waals surface area (Å²) in [7, 11) is 0. The van der Waals surface area contributed by atoms with Crippen LogP contribution in [0.25, 0.3) is 0 Å². The van der Waals surface area contributed by atoms with Crippen LogP contribution in [0, 0.1) is 5.92 Å². The Morgan fingerprint density at radius 3 is 2.26 bits per heavy atom. The van der Waals surface area contributed by atoms with Gasteiger partial charge < -0.3 is 10.2 Å². The molecular formula is C19H29F3N4O. The minimum Gasteiger partial charge on any atom is -0.338 e. The van der Waals surface area contributed by atoms with Gasteiger partial charge >= 0.3 is 6.18 Å². The van der Waals surface area contributed by atoms with Crippen LogP contribution in [0.1, 0.15) is 25.7 Å². The SMILES string of the molecule is O=C(N1CCN(CC2CC2)CC1)C1(N2CCCC2)C=CC(C(F)(F)F)NC1. The van der Waals surface area contributed by atoms with Crippen molar-refractivity contribution in [3.8, 4) is 0 Å². The number of amides is 1. The summed E-state index contributed by atoms with van der Waals surface area (Å²) >= 11 is 0. The van der Waals surface area contributed by atoms with Crippen molar-refractivity contribution in [2.75, 3.05) is 52.4 Å². The fourth-order valence-corrected chi connectivity index (χ4v) is 4.56. The third-order valence-corrected chi connectivity index (χ3v) is 6.42. The lowest BCUT2D eigenvalue weighted by Crippen LogP contribution is -2.67. The molecule has 1 saturated carbocycles. The minimum absolute atomic E-state index is 0.0226. The molecule has 27 heavy (non-hydrogen) atoms. The van der Waals surface area contributed by atoms with Crippen LogP contribution in [-0.4, -0.2) is 90.7 Å². The smallest absolute Gasteiger partial charge is 0.338 e. The molecule has 2 unspecified atom stereocenters. The molecule has 4 rings (SSSR count). The third kappa shape index (κ3) is 4.03. The highest BCUT2D eigenvalue weighted by Crippen LogP contribution is 2.32. The quantitative estimate of drug-likeness (QED) is 0.743. The fraction of sp³-hybridized carbons (Fsp3) is 0.842. The zero-order valence-corrected chi connectivity index (χ0v) is 15.7. The van der Waals surface area contributed by atoms with Crippen LogP contribution >= 0.6 is 0 Å². The molecule has 2 saturated heterocycles. The highest BCUT2D eigenvalue weighted by Gasteiger charge is 2.50. The second kappa shape index (κ2) is 7.37. The van der Waals surface area contributed by atoms with E-state index in [2.05, 4.69) is 15.1 Å².